The van der Waals surface area contributed by atoms with Gasteiger partial charge >= 0.3 is 0 Å². The van der Waals surface area contributed by atoms with Gasteiger partial charge < -0.3 is 14.0 Å². The van der Waals surface area contributed by atoms with E-state index in [0.717, 1.165) is 23.9 Å². The number of pyridine rings is 1. The summed E-state index contributed by atoms with van der Waals surface area (Å²) in [6.07, 6.45) is 0. The largest absolute Gasteiger partial charge is 0.487 e. The summed E-state index contributed by atoms with van der Waals surface area (Å²) >= 11 is 0.748. The number of nitrogens with one attached hydrogen (secondary N) is 1. The van der Waals surface area contributed by atoms with Gasteiger partial charge in [0.2, 0.25) is 5.43 Å². The number of benzene rings is 3. The molecular formula is C29H21F3N2O5S. The molecule has 1 aromatic heterocycles. The maximum Gasteiger partial charge on any atom is 0.290 e. The number of allylic oxidation sites excluding steroid dienone is 1. The van der Waals surface area contributed by atoms with Gasteiger partial charge in [-0.05, 0) is 72.3 Å². The molecule has 0 bridgehead atoms. The first-order chi connectivity index (χ1) is 19.2. The normalized spacial score (nSPS) is 14.4. The molecule has 0 radical (unpaired) electrons. The number of amides is 2. The van der Waals surface area contributed by atoms with Crippen LogP contribution in [0.5, 0.6) is 11.5 Å². The highest BCUT2D eigenvalue weighted by Gasteiger charge is 2.28. The summed E-state index contributed by atoms with van der Waals surface area (Å²) in [6, 6.07) is 14.3. The highest BCUT2D eigenvalue weighted by Crippen LogP contribution is 2.33. The highest BCUT2D eigenvalue weighted by atomic mass is 32.2. The van der Waals surface area contributed by atoms with Crippen molar-refractivity contribution >= 4 is 39.4 Å². The smallest absolute Gasteiger partial charge is 0.290 e. The second kappa shape index (κ2) is 10.9. The Morgan fingerprint density at radius 1 is 0.900 bits per heavy atom. The van der Waals surface area contributed by atoms with Gasteiger partial charge in [0.05, 0.1) is 16.1 Å². The predicted octanol–water partition coefficient (Wildman–Crippen LogP) is 5.79. The summed E-state index contributed by atoms with van der Waals surface area (Å²) in [5.74, 6) is -3.50. The van der Waals surface area contributed by atoms with E-state index >= 15 is 0 Å². The zero-order valence-electron chi connectivity index (χ0n) is 21.2. The molecule has 5 rings (SSSR count). The number of aromatic nitrogens is 1. The molecule has 4 aromatic rings. The zero-order valence-corrected chi connectivity index (χ0v) is 22.0. The standard InChI is InChI=1S/C29H21F3N2O5S/c1-15(27-28(36)33-29(37)40-27)16-8-10-23(21(32)13-16)38-11-12-39-26-24(17-7-9-19(30)20(31)14-17)34(2)22-6-4-3-5-18(22)25(26)35/h3-10,13-14H,11-12H2,1-2H3,(H,33,36,37)/b27-15+. The second-order valence-corrected chi connectivity index (χ2v) is 9.83. The number of thioether (sulfide) groups is 1. The van der Waals surface area contributed by atoms with Crippen molar-refractivity contribution in [3.63, 3.8) is 0 Å². The quantitative estimate of drug-likeness (QED) is 0.225. The first-order valence-corrected chi connectivity index (χ1v) is 12.8. The first kappa shape index (κ1) is 27.1. The summed E-state index contributed by atoms with van der Waals surface area (Å²) in [5, 5.41) is 2.04. The van der Waals surface area contributed by atoms with Crippen LogP contribution in [0.1, 0.15) is 12.5 Å². The molecule has 0 spiro atoms. The molecule has 0 saturated carbocycles. The van der Waals surface area contributed by atoms with Gasteiger partial charge in [-0.15, -0.1) is 0 Å². The van der Waals surface area contributed by atoms with Gasteiger partial charge in [-0.1, -0.05) is 18.2 Å². The van der Waals surface area contributed by atoms with Crippen LogP contribution < -0.4 is 20.2 Å². The average molecular weight is 567 g/mol. The number of carbonyl (C=O) groups excluding carboxylic acids is 2. The Morgan fingerprint density at radius 3 is 2.35 bits per heavy atom. The number of carbonyl (C=O) groups is 2. The van der Waals surface area contributed by atoms with Crippen molar-refractivity contribution in [2.24, 2.45) is 7.05 Å². The molecule has 40 heavy (non-hydrogen) atoms. The van der Waals surface area contributed by atoms with Crippen molar-refractivity contribution in [1.29, 1.82) is 0 Å². The molecule has 7 nitrogen and oxygen atoms in total. The van der Waals surface area contributed by atoms with Crippen molar-refractivity contribution in [1.82, 2.24) is 9.88 Å². The van der Waals surface area contributed by atoms with E-state index in [9.17, 15) is 27.6 Å². The zero-order chi connectivity index (χ0) is 28.6. The Balaban J connectivity index is 1.37. The predicted molar refractivity (Wildman–Crippen MR) is 146 cm³/mol. The number of rotatable bonds is 7. The van der Waals surface area contributed by atoms with Crippen LogP contribution in [0.3, 0.4) is 0 Å². The minimum atomic E-state index is -1.07. The van der Waals surface area contributed by atoms with Crippen LogP contribution in [0.4, 0.5) is 18.0 Å². The maximum absolute atomic E-state index is 14.8. The summed E-state index contributed by atoms with van der Waals surface area (Å²) in [7, 11) is 1.68. The number of aryl methyl sites for hydroxylation is 1. The Morgan fingerprint density at radius 2 is 1.65 bits per heavy atom. The number of ether oxygens (including phenoxy) is 2. The minimum absolute atomic E-state index is 0.0861. The fourth-order valence-corrected chi connectivity index (χ4v) is 5.15. The van der Waals surface area contributed by atoms with E-state index < -0.39 is 34.0 Å². The van der Waals surface area contributed by atoms with E-state index in [1.807, 2.05) is 0 Å². The Hall–Kier alpha value is -4.51. The maximum atomic E-state index is 14.8. The topological polar surface area (TPSA) is 86.6 Å². The van der Waals surface area contributed by atoms with E-state index in [2.05, 4.69) is 5.32 Å². The molecular weight excluding hydrogens is 545 g/mol. The lowest BCUT2D eigenvalue weighted by Crippen LogP contribution is -2.19. The van der Waals surface area contributed by atoms with Gasteiger partial charge in [-0.2, -0.15) is 0 Å². The van der Waals surface area contributed by atoms with Crippen LogP contribution in [0, 0.1) is 17.5 Å². The van der Waals surface area contributed by atoms with E-state index in [1.165, 1.54) is 18.2 Å². The van der Waals surface area contributed by atoms with Gasteiger partial charge in [-0.25, -0.2) is 13.2 Å². The molecule has 1 aliphatic heterocycles. The lowest BCUT2D eigenvalue weighted by Gasteiger charge is -2.18. The number of hydrogen-bond acceptors (Lipinski definition) is 6. The van der Waals surface area contributed by atoms with Gasteiger partial charge in [0, 0.05) is 18.0 Å². The Kier molecular flexibility index (Phi) is 7.40. The van der Waals surface area contributed by atoms with Gasteiger partial charge in [0.15, 0.2) is 29.0 Å². The summed E-state index contributed by atoms with van der Waals surface area (Å²) in [5.41, 5.74) is 1.46. The van der Waals surface area contributed by atoms with Crippen LogP contribution in [0.15, 0.2) is 70.4 Å². The highest BCUT2D eigenvalue weighted by molar-refractivity contribution is 8.18. The molecule has 1 aliphatic rings. The molecule has 3 aromatic carbocycles. The fraction of sp³-hybridized carbons (Fsp3) is 0.138. The summed E-state index contributed by atoms with van der Waals surface area (Å²) in [4.78, 5) is 36.9. The summed E-state index contributed by atoms with van der Waals surface area (Å²) < 4.78 is 55.5. The van der Waals surface area contributed by atoms with E-state index in [1.54, 1.807) is 48.9 Å². The van der Waals surface area contributed by atoms with Crippen molar-refractivity contribution in [2.45, 2.75) is 6.92 Å². The van der Waals surface area contributed by atoms with Crippen molar-refractivity contribution in [2.75, 3.05) is 13.2 Å². The molecule has 1 N–H and O–H groups in total. The van der Waals surface area contributed by atoms with E-state index in [-0.39, 0.29) is 40.9 Å². The molecule has 0 aliphatic carbocycles. The number of para-hydroxylation sites is 1. The molecule has 204 valence electrons. The monoisotopic (exact) mass is 566 g/mol. The molecule has 2 amide bonds. The van der Waals surface area contributed by atoms with Gasteiger partial charge in [-0.3, -0.25) is 19.7 Å². The number of halogens is 3. The molecule has 1 saturated heterocycles. The third kappa shape index (κ3) is 5.07. The second-order valence-electron chi connectivity index (χ2n) is 8.85. The fourth-order valence-electron chi connectivity index (χ4n) is 4.40. The van der Waals surface area contributed by atoms with Gasteiger partial charge in [0.25, 0.3) is 11.1 Å². The number of fused-ring (bicyclic) bond motifs is 1. The van der Waals surface area contributed by atoms with Crippen molar-refractivity contribution < 1.29 is 32.2 Å². The van der Waals surface area contributed by atoms with Gasteiger partial charge in [0.1, 0.15) is 13.2 Å². The lowest BCUT2D eigenvalue weighted by molar-refractivity contribution is -0.115. The third-order valence-electron chi connectivity index (χ3n) is 6.37. The minimum Gasteiger partial charge on any atom is -0.487 e. The van der Waals surface area contributed by atoms with Crippen LogP contribution in [-0.4, -0.2) is 28.9 Å². The third-order valence-corrected chi connectivity index (χ3v) is 7.35. The molecule has 0 atom stereocenters. The van der Waals surface area contributed by atoms with Crippen LogP contribution in [0.25, 0.3) is 27.7 Å². The molecule has 11 heteroatoms. The number of imide groups is 1. The lowest BCUT2D eigenvalue weighted by atomic mass is 10.1. The summed E-state index contributed by atoms with van der Waals surface area (Å²) in [6.45, 7) is 1.31. The SMILES string of the molecule is C/C(=C1\SC(=O)NC1=O)c1ccc(OCCOc2c(-c3ccc(F)c(F)c3)n(C)c3ccccc3c2=O)c(F)c1. The van der Waals surface area contributed by atoms with Crippen LogP contribution >= 0.6 is 11.8 Å². The Bertz CT molecular complexity index is 1780. The first-order valence-electron chi connectivity index (χ1n) is 12.0. The number of hydrogen-bond donors (Lipinski definition) is 1. The van der Waals surface area contributed by atoms with Crippen molar-refractivity contribution in [3.05, 3.63) is 98.8 Å². The van der Waals surface area contributed by atoms with E-state index in [4.69, 9.17) is 9.47 Å². The Labute approximate surface area is 230 Å². The van der Waals surface area contributed by atoms with Crippen LogP contribution in [-0.2, 0) is 11.8 Å². The number of nitrogens with zero attached hydrogens (tertiary/aromatic N) is 1. The van der Waals surface area contributed by atoms with E-state index in [0.29, 0.717) is 22.0 Å². The average Bonchev–Trinajstić information content (AvgIpc) is 3.28. The molecule has 1 fully saturated rings. The van der Waals surface area contributed by atoms with Crippen molar-refractivity contribution in [3.8, 4) is 22.8 Å². The van der Waals surface area contributed by atoms with Crippen LogP contribution in [0.2, 0.25) is 0 Å². The molecule has 0 unspecified atom stereocenters. The molecule has 2 heterocycles.